The number of carbonyl (C=O) groups is 4. The summed E-state index contributed by atoms with van der Waals surface area (Å²) in [6, 6.07) is 19.0. The topological polar surface area (TPSA) is 251 Å². The Hall–Kier alpha value is -6.38. The molecule has 64 heavy (non-hydrogen) atoms. The maximum absolute atomic E-state index is 13.2. The van der Waals surface area contributed by atoms with Crippen LogP contribution in [0.5, 0.6) is 0 Å². The smallest absolute Gasteiger partial charge is 0.251 e. The fraction of sp³-hybridized carbons (Fsp3) is 0.422. The summed E-state index contributed by atoms with van der Waals surface area (Å²) in [5.41, 5.74) is 21.0. The summed E-state index contributed by atoms with van der Waals surface area (Å²) in [6.45, 7) is 9.92. The van der Waals surface area contributed by atoms with Crippen molar-refractivity contribution in [3.63, 3.8) is 0 Å². The van der Waals surface area contributed by atoms with Crippen LogP contribution in [-0.4, -0.2) is 168 Å². The molecule has 4 heterocycles. The molecule has 11 N–H and O–H groups in total. The van der Waals surface area contributed by atoms with Crippen LogP contribution < -0.4 is 38.2 Å². The first-order valence-corrected chi connectivity index (χ1v) is 22.1. The van der Waals surface area contributed by atoms with Gasteiger partial charge in [-0.3, -0.25) is 29.0 Å². The van der Waals surface area contributed by atoms with Crippen LogP contribution in [-0.2, 0) is 9.59 Å². The molecule has 2 aliphatic heterocycles. The van der Waals surface area contributed by atoms with Crippen molar-refractivity contribution in [3.05, 3.63) is 83.7 Å². The summed E-state index contributed by atoms with van der Waals surface area (Å²) < 4.78 is 0. The van der Waals surface area contributed by atoms with E-state index in [-0.39, 0.29) is 37.4 Å². The molecule has 0 bridgehead atoms. The normalized spacial score (nSPS) is 15.3. The van der Waals surface area contributed by atoms with Gasteiger partial charge in [-0.05, 0) is 62.3 Å². The average Bonchev–Trinajstić information content (AvgIpc) is 3.96. The van der Waals surface area contributed by atoms with Gasteiger partial charge < -0.3 is 52.6 Å². The van der Waals surface area contributed by atoms with Crippen molar-refractivity contribution >= 4 is 45.7 Å². The number of fused-ring (bicyclic) bond motifs is 2. The molecular formula is C45H61N15O4. The Morgan fingerprint density at radius 1 is 0.656 bits per heavy atom. The van der Waals surface area contributed by atoms with E-state index in [0.717, 1.165) is 92.1 Å². The standard InChI is InChI=1S/C45H61N15O4/c1-48-60(30-35(47)28-51-41(62)29-52-40(61)27-46)24-23-59-21-19-58(20-22-59)18-14-50-45(64)34-10-12-37-39(26-34)56-43(54-37)32-7-5-31(6-8-32)42-53-36-11-9-33(25-38(36)55-42)44(63)49-13-17-57-15-3-2-4-16-57/h5-12,25-26,30,48H,2-4,13-24,27-29,46-47H2,1H3,(H,49,63)(H,50,64)(H,51,62)(H,52,61)(H,53,55)(H,54,56)/b35-30-. The molecule has 0 aliphatic carbocycles. The number of imidazole rings is 2. The van der Waals surface area contributed by atoms with Crippen molar-refractivity contribution < 1.29 is 19.2 Å². The number of likely N-dealkylation sites (tertiary alicyclic amines) is 1. The number of hydrogen-bond acceptors (Lipinski definition) is 13. The Morgan fingerprint density at radius 3 is 1.67 bits per heavy atom. The number of nitrogens with one attached hydrogen (secondary N) is 7. The molecule has 0 unspecified atom stereocenters. The largest absolute Gasteiger partial charge is 0.399 e. The van der Waals surface area contributed by atoms with Crippen LogP contribution in [0.1, 0.15) is 40.0 Å². The second-order valence-electron chi connectivity index (χ2n) is 16.2. The lowest BCUT2D eigenvalue weighted by Crippen LogP contribution is -2.50. The lowest BCUT2D eigenvalue weighted by Gasteiger charge is -2.35. The number of nitrogens with two attached hydrogens (primary N) is 2. The number of aromatic amines is 2. The van der Waals surface area contributed by atoms with E-state index < -0.39 is 5.91 Å². The van der Waals surface area contributed by atoms with E-state index in [0.29, 0.717) is 48.1 Å². The molecule has 0 saturated carbocycles. The average molecular weight is 876 g/mol. The molecular weight excluding hydrogens is 815 g/mol. The van der Waals surface area contributed by atoms with Gasteiger partial charge in [0.25, 0.3) is 11.8 Å². The zero-order valence-corrected chi connectivity index (χ0v) is 36.5. The monoisotopic (exact) mass is 876 g/mol. The highest BCUT2D eigenvalue weighted by molar-refractivity contribution is 5.98. The number of piperidine rings is 1. The summed E-state index contributed by atoms with van der Waals surface area (Å²) in [7, 11) is 1.81. The first-order valence-electron chi connectivity index (χ1n) is 22.1. The lowest BCUT2D eigenvalue weighted by atomic mass is 10.1. The SMILES string of the molecule is CNN(/C=C(\N)CNC(=O)CNC(=O)CN)CCN1CCN(CCNC(=O)c2ccc3nc(-c4ccc(-c5nc6ccc(C(=O)NCCN7CCCCC7)cc6[nH]5)cc4)[nH]c3c2)CC1. The minimum Gasteiger partial charge on any atom is -0.399 e. The molecule has 2 saturated heterocycles. The van der Waals surface area contributed by atoms with Crippen LogP contribution in [0.15, 0.2) is 72.6 Å². The first kappa shape index (κ1) is 45.6. The highest BCUT2D eigenvalue weighted by atomic mass is 16.2. The van der Waals surface area contributed by atoms with Gasteiger partial charge in [-0.2, -0.15) is 0 Å². The summed E-state index contributed by atoms with van der Waals surface area (Å²) in [5.74, 6) is 0.446. The van der Waals surface area contributed by atoms with Crippen LogP contribution in [0.25, 0.3) is 44.8 Å². The maximum atomic E-state index is 13.2. The Morgan fingerprint density at radius 2 is 1.16 bits per heavy atom. The van der Waals surface area contributed by atoms with Gasteiger partial charge in [0.05, 0.1) is 41.7 Å². The van der Waals surface area contributed by atoms with Crippen molar-refractivity contribution in [2.24, 2.45) is 11.5 Å². The van der Waals surface area contributed by atoms with E-state index in [1.165, 1.54) is 19.3 Å². The van der Waals surface area contributed by atoms with Crippen LogP contribution in [0.3, 0.4) is 0 Å². The lowest BCUT2D eigenvalue weighted by molar-refractivity contribution is -0.125. The molecule has 2 aliphatic rings. The highest BCUT2D eigenvalue weighted by Crippen LogP contribution is 2.26. The Labute approximate surface area is 372 Å². The van der Waals surface area contributed by atoms with Crippen molar-refractivity contribution in [2.45, 2.75) is 19.3 Å². The third-order valence-electron chi connectivity index (χ3n) is 11.6. The van der Waals surface area contributed by atoms with Crippen LogP contribution in [0.4, 0.5) is 0 Å². The van der Waals surface area contributed by atoms with Gasteiger partial charge >= 0.3 is 0 Å². The number of carbonyl (C=O) groups excluding carboxylic acids is 4. The van der Waals surface area contributed by atoms with E-state index in [2.05, 4.69) is 51.4 Å². The summed E-state index contributed by atoms with van der Waals surface area (Å²) in [6.07, 6.45) is 5.51. The highest BCUT2D eigenvalue weighted by Gasteiger charge is 2.19. The molecule has 0 spiro atoms. The van der Waals surface area contributed by atoms with Crippen molar-refractivity contribution in [1.82, 2.24) is 66.3 Å². The van der Waals surface area contributed by atoms with E-state index in [9.17, 15) is 19.2 Å². The quantitative estimate of drug-likeness (QED) is 0.0491. The molecule has 7 rings (SSSR count). The van der Waals surface area contributed by atoms with Crippen molar-refractivity contribution in [3.8, 4) is 22.8 Å². The fourth-order valence-electron chi connectivity index (χ4n) is 7.89. The molecule has 19 heteroatoms. The molecule has 4 amide bonds. The first-order chi connectivity index (χ1) is 31.1. The third kappa shape index (κ3) is 12.6. The zero-order chi connectivity index (χ0) is 44.8. The van der Waals surface area contributed by atoms with E-state index in [1.807, 2.05) is 66.7 Å². The number of nitrogens with zero attached hydrogens (tertiary/aromatic N) is 6. The predicted molar refractivity (Wildman–Crippen MR) is 248 cm³/mol. The Balaban J connectivity index is 0.829. The molecule has 2 aromatic heterocycles. The molecule has 5 aromatic rings. The third-order valence-corrected chi connectivity index (χ3v) is 11.6. The Kier molecular flexibility index (Phi) is 15.9. The molecule has 2 fully saturated rings. The summed E-state index contributed by atoms with van der Waals surface area (Å²) >= 11 is 0. The summed E-state index contributed by atoms with van der Waals surface area (Å²) in [4.78, 5) is 72.7. The number of aromatic nitrogens is 4. The van der Waals surface area contributed by atoms with Gasteiger partial charge in [0.15, 0.2) is 0 Å². The van der Waals surface area contributed by atoms with E-state index in [1.54, 1.807) is 12.3 Å². The van der Waals surface area contributed by atoms with Gasteiger partial charge in [-0.1, -0.05) is 30.7 Å². The van der Waals surface area contributed by atoms with E-state index in [4.69, 9.17) is 21.4 Å². The maximum Gasteiger partial charge on any atom is 0.251 e. The molecule has 19 nitrogen and oxygen atoms in total. The second-order valence-corrected chi connectivity index (χ2v) is 16.2. The minimum absolute atomic E-state index is 0.0823. The predicted octanol–water partition coefficient (Wildman–Crippen LogP) is 0.764. The zero-order valence-electron chi connectivity index (χ0n) is 36.5. The van der Waals surface area contributed by atoms with Crippen LogP contribution in [0, 0.1) is 0 Å². The van der Waals surface area contributed by atoms with Gasteiger partial charge in [0, 0.05) is 107 Å². The molecule has 340 valence electrons. The van der Waals surface area contributed by atoms with Crippen LogP contribution in [0.2, 0.25) is 0 Å². The van der Waals surface area contributed by atoms with E-state index >= 15 is 0 Å². The molecule has 3 aromatic carbocycles. The van der Waals surface area contributed by atoms with Gasteiger partial charge in [0.2, 0.25) is 11.8 Å². The number of hydrazine groups is 1. The number of H-pyrrole nitrogens is 2. The van der Waals surface area contributed by atoms with Crippen molar-refractivity contribution in [2.75, 3.05) is 105 Å². The van der Waals surface area contributed by atoms with Gasteiger partial charge in [-0.15, -0.1) is 0 Å². The number of rotatable bonds is 20. The second kappa shape index (κ2) is 22.3. The van der Waals surface area contributed by atoms with Crippen molar-refractivity contribution in [1.29, 1.82) is 0 Å². The van der Waals surface area contributed by atoms with Gasteiger partial charge in [0.1, 0.15) is 11.6 Å². The number of piperazine rings is 1. The minimum atomic E-state index is -0.401. The van der Waals surface area contributed by atoms with Crippen LogP contribution >= 0.6 is 0 Å². The summed E-state index contributed by atoms with van der Waals surface area (Å²) in [5, 5.41) is 13.1. The Bertz CT molecular complexity index is 2400. The number of benzene rings is 3. The van der Waals surface area contributed by atoms with Gasteiger partial charge in [-0.25, -0.2) is 15.4 Å². The molecule has 0 atom stereocenters. The fourth-order valence-corrected chi connectivity index (χ4v) is 7.89. The number of amides is 4. The number of hydrogen-bond donors (Lipinski definition) is 9. The molecule has 0 radical (unpaired) electrons.